The lowest BCUT2D eigenvalue weighted by Gasteiger charge is -2.28. The molecular weight excluding hydrogens is 242 g/mol. The summed E-state index contributed by atoms with van der Waals surface area (Å²) in [4.78, 5) is 14.1. The number of nitrogens with zero attached hydrogens (tertiary/aromatic N) is 1. The highest BCUT2D eigenvalue weighted by Gasteiger charge is 2.38. The Morgan fingerprint density at radius 2 is 2.19 bits per heavy atom. The normalized spacial score (nSPS) is 24.7. The van der Waals surface area contributed by atoms with E-state index in [0.717, 1.165) is 43.9 Å². The first-order valence-corrected chi connectivity index (χ1v) is 7.57. The Morgan fingerprint density at radius 1 is 1.44 bits per heavy atom. The minimum absolute atomic E-state index is 0.152. The maximum Gasteiger partial charge on any atom is 0.238 e. The van der Waals surface area contributed by atoms with E-state index in [-0.39, 0.29) is 4.75 Å². The Morgan fingerprint density at radius 3 is 2.75 bits per heavy atom. The zero-order valence-electron chi connectivity index (χ0n) is 10.3. The fourth-order valence-electron chi connectivity index (χ4n) is 2.07. The smallest absolute Gasteiger partial charge is 0.238 e. The van der Waals surface area contributed by atoms with E-state index >= 15 is 0 Å². The molecule has 0 aromatic carbocycles. The molecule has 1 heterocycles. The van der Waals surface area contributed by atoms with E-state index in [0.29, 0.717) is 5.91 Å². The minimum atomic E-state index is -0.152. The molecule has 1 rings (SSSR count). The van der Waals surface area contributed by atoms with Crippen molar-refractivity contribution < 1.29 is 4.79 Å². The van der Waals surface area contributed by atoms with Crippen LogP contribution in [0.2, 0.25) is 0 Å². The van der Waals surface area contributed by atoms with Gasteiger partial charge in [0.25, 0.3) is 0 Å². The molecule has 1 amide bonds. The highest BCUT2D eigenvalue weighted by Crippen LogP contribution is 2.38. The average molecular weight is 264 g/mol. The minimum Gasteiger partial charge on any atom is -0.345 e. The SMILES string of the molecule is CN(CCCCCCl)C(=O)C1(C)CCCS1. The number of halogens is 1. The van der Waals surface area contributed by atoms with Crippen LogP contribution in [0.4, 0.5) is 0 Å². The van der Waals surface area contributed by atoms with Crippen LogP contribution < -0.4 is 0 Å². The van der Waals surface area contributed by atoms with Crippen molar-refractivity contribution in [3.8, 4) is 0 Å². The molecule has 1 unspecified atom stereocenters. The first kappa shape index (κ1) is 14.2. The summed E-state index contributed by atoms with van der Waals surface area (Å²) in [7, 11) is 1.92. The first-order valence-electron chi connectivity index (χ1n) is 6.05. The third-order valence-corrected chi connectivity index (χ3v) is 4.92. The van der Waals surface area contributed by atoms with Crippen molar-refractivity contribution in [1.29, 1.82) is 0 Å². The number of carbonyl (C=O) groups is 1. The molecule has 1 atom stereocenters. The van der Waals surface area contributed by atoms with Crippen molar-refractivity contribution in [3.05, 3.63) is 0 Å². The van der Waals surface area contributed by atoms with E-state index < -0.39 is 0 Å². The van der Waals surface area contributed by atoms with Gasteiger partial charge in [0.2, 0.25) is 5.91 Å². The Kier molecular flexibility index (Phi) is 5.98. The summed E-state index contributed by atoms with van der Waals surface area (Å²) < 4.78 is -0.152. The summed E-state index contributed by atoms with van der Waals surface area (Å²) in [5.74, 6) is 2.16. The maximum absolute atomic E-state index is 12.2. The third kappa shape index (κ3) is 3.85. The van der Waals surface area contributed by atoms with Gasteiger partial charge in [-0.3, -0.25) is 4.79 Å². The lowest BCUT2D eigenvalue weighted by molar-refractivity contribution is -0.132. The largest absolute Gasteiger partial charge is 0.345 e. The fourth-order valence-corrected chi connectivity index (χ4v) is 3.57. The zero-order valence-corrected chi connectivity index (χ0v) is 11.9. The van der Waals surface area contributed by atoms with Crippen LogP contribution in [-0.4, -0.2) is 40.8 Å². The Labute approximate surface area is 108 Å². The molecule has 0 aromatic heterocycles. The van der Waals surface area contributed by atoms with Crippen molar-refractivity contribution in [1.82, 2.24) is 4.90 Å². The molecule has 1 saturated heterocycles. The predicted molar refractivity (Wildman–Crippen MR) is 72.3 cm³/mol. The van der Waals surface area contributed by atoms with Gasteiger partial charge in [-0.2, -0.15) is 0 Å². The van der Waals surface area contributed by atoms with Crippen LogP contribution in [0.5, 0.6) is 0 Å². The number of amides is 1. The van der Waals surface area contributed by atoms with Crippen LogP contribution in [0, 0.1) is 0 Å². The van der Waals surface area contributed by atoms with Gasteiger partial charge in [-0.1, -0.05) is 6.42 Å². The molecule has 0 aromatic rings. The van der Waals surface area contributed by atoms with Gasteiger partial charge in [0.1, 0.15) is 0 Å². The van der Waals surface area contributed by atoms with Crippen LogP contribution in [0.15, 0.2) is 0 Å². The lowest BCUT2D eigenvalue weighted by Crippen LogP contribution is -2.42. The average Bonchev–Trinajstić information content (AvgIpc) is 2.71. The monoisotopic (exact) mass is 263 g/mol. The maximum atomic E-state index is 12.2. The number of unbranched alkanes of at least 4 members (excludes halogenated alkanes) is 2. The summed E-state index contributed by atoms with van der Waals surface area (Å²) in [6.07, 6.45) is 5.44. The van der Waals surface area contributed by atoms with E-state index in [1.54, 1.807) is 0 Å². The van der Waals surface area contributed by atoms with Crippen molar-refractivity contribution in [2.45, 2.75) is 43.8 Å². The number of thioether (sulfide) groups is 1. The molecule has 0 spiro atoms. The quantitative estimate of drug-likeness (QED) is 0.542. The second-order valence-electron chi connectivity index (χ2n) is 4.66. The second-order valence-corrected chi connectivity index (χ2v) is 6.64. The van der Waals surface area contributed by atoms with Crippen LogP contribution in [0.3, 0.4) is 0 Å². The van der Waals surface area contributed by atoms with Crippen LogP contribution in [0.25, 0.3) is 0 Å². The summed E-state index contributed by atoms with van der Waals surface area (Å²) in [6, 6.07) is 0. The van der Waals surface area contributed by atoms with E-state index in [2.05, 4.69) is 6.92 Å². The summed E-state index contributed by atoms with van der Waals surface area (Å²) in [6.45, 7) is 2.95. The molecule has 0 radical (unpaired) electrons. The van der Waals surface area contributed by atoms with Gasteiger partial charge in [-0.25, -0.2) is 0 Å². The number of rotatable bonds is 6. The van der Waals surface area contributed by atoms with Gasteiger partial charge in [0.05, 0.1) is 4.75 Å². The molecule has 0 saturated carbocycles. The lowest BCUT2D eigenvalue weighted by atomic mass is 10.0. The van der Waals surface area contributed by atoms with Gasteiger partial charge in [0, 0.05) is 19.5 Å². The van der Waals surface area contributed by atoms with Gasteiger partial charge >= 0.3 is 0 Å². The molecule has 0 aliphatic carbocycles. The van der Waals surface area contributed by atoms with E-state index in [1.807, 2.05) is 23.7 Å². The van der Waals surface area contributed by atoms with Crippen LogP contribution >= 0.6 is 23.4 Å². The van der Waals surface area contributed by atoms with E-state index in [1.165, 1.54) is 6.42 Å². The Bertz CT molecular complexity index is 229. The molecule has 16 heavy (non-hydrogen) atoms. The summed E-state index contributed by atoms with van der Waals surface area (Å²) >= 11 is 7.43. The number of hydrogen-bond acceptors (Lipinski definition) is 2. The summed E-state index contributed by atoms with van der Waals surface area (Å²) in [5.41, 5.74) is 0. The van der Waals surface area contributed by atoms with Crippen LogP contribution in [0.1, 0.15) is 39.0 Å². The number of alkyl halides is 1. The Hall–Kier alpha value is 0.110. The predicted octanol–water partition coefficient (Wildman–Crippen LogP) is 3.14. The molecule has 1 aliphatic heterocycles. The molecule has 1 aliphatic rings. The van der Waals surface area contributed by atoms with Crippen molar-refractivity contribution in [2.24, 2.45) is 0 Å². The topological polar surface area (TPSA) is 20.3 Å². The highest BCUT2D eigenvalue weighted by molar-refractivity contribution is 8.01. The standard InChI is InChI=1S/C12H22ClNOS/c1-12(7-6-10-16-12)11(15)14(2)9-5-3-4-8-13/h3-10H2,1-2H3. The molecule has 2 nitrogen and oxygen atoms in total. The summed E-state index contributed by atoms with van der Waals surface area (Å²) in [5, 5.41) is 0. The van der Waals surface area contributed by atoms with E-state index in [9.17, 15) is 4.79 Å². The van der Waals surface area contributed by atoms with Crippen LogP contribution in [-0.2, 0) is 4.79 Å². The molecule has 0 N–H and O–H groups in total. The van der Waals surface area contributed by atoms with Gasteiger partial charge in [-0.05, 0) is 38.4 Å². The molecule has 94 valence electrons. The molecule has 0 bridgehead atoms. The second kappa shape index (κ2) is 6.75. The van der Waals surface area contributed by atoms with Gasteiger partial charge in [0.15, 0.2) is 0 Å². The molecular formula is C12H22ClNOS. The first-order chi connectivity index (χ1) is 7.60. The molecule has 4 heteroatoms. The van der Waals surface area contributed by atoms with Gasteiger partial charge < -0.3 is 4.90 Å². The van der Waals surface area contributed by atoms with Crippen molar-refractivity contribution >= 4 is 29.3 Å². The third-order valence-electron chi connectivity index (χ3n) is 3.15. The highest BCUT2D eigenvalue weighted by atomic mass is 35.5. The number of carbonyl (C=O) groups excluding carboxylic acids is 1. The zero-order chi connectivity index (χ0) is 12.0. The fraction of sp³-hybridized carbons (Fsp3) is 0.917. The van der Waals surface area contributed by atoms with Crippen molar-refractivity contribution in [3.63, 3.8) is 0 Å². The number of hydrogen-bond donors (Lipinski definition) is 0. The Balaban J connectivity index is 2.30. The van der Waals surface area contributed by atoms with E-state index in [4.69, 9.17) is 11.6 Å². The van der Waals surface area contributed by atoms with Crippen molar-refractivity contribution in [2.75, 3.05) is 25.2 Å². The molecule has 1 fully saturated rings. The van der Waals surface area contributed by atoms with Gasteiger partial charge in [-0.15, -0.1) is 23.4 Å².